The highest BCUT2D eigenvalue weighted by atomic mass is 32.2. The molecule has 0 spiro atoms. The van der Waals surface area contributed by atoms with Crippen molar-refractivity contribution >= 4 is 17.7 Å². The summed E-state index contributed by atoms with van der Waals surface area (Å²) in [5.41, 5.74) is 2.45. The van der Waals surface area contributed by atoms with Crippen molar-refractivity contribution in [2.45, 2.75) is 43.7 Å². The largest absolute Gasteiger partial charge is 0.493 e. The molecule has 1 atom stereocenters. The van der Waals surface area contributed by atoms with Crippen molar-refractivity contribution in [3.05, 3.63) is 89.5 Å². The Hall–Kier alpha value is -2.92. The molecule has 5 heteroatoms. The van der Waals surface area contributed by atoms with Gasteiger partial charge in [0.15, 0.2) is 0 Å². The van der Waals surface area contributed by atoms with Crippen LogP contribution < -0.4 is 14.8 Å². The number of carbonyl (C=O) groups excluding carboxylic acids is 1. The lowest BCUT2D eigenvalue weighted by Gasteiger charge is -2.38. The maximum atomic E-state index is 12.9. The number of thioether (sulfide) groups is 1. The van der Waals surface area contributed by atoms with E-state index in [4.69, 9.17) is 9.47 Å². The topological polar surface area (TPSA) is 47.6 Å². The van der Waals surface area contributed by atoms with Crippen LogP contribution in [0.15, 0.2) is 77.7 Å². The third-order valence-corrected chi connectivity index (χ3v) is 6.39. The second kappa shape index (κ2) is 9.70. The summed E-state index contributed by atoms with van der Waals surface area (Å²) in [4.78, 5) is 14.2. The number of carbonyl (C=O) groups is 1. The lowest BCUT2D eigenvalue weighted by Crippen LogP contribution is -2.41. The van der Waals surface area contributed by atoms with Gasteiger partial charge in [0.2, 0.25) is 0 Å². The molecular formula is C27H29NO3S. The number of rotatable bonds is 7. The fourth-order valence-corrected chi connectivity index (χ4v) is 4.62. The van der Waals surface area contributed by atoms with Crippen molar-refractivity contribution in [2.75, 3.05) is 12.4 Å². The van der Waals surface area contributed by atoms with Crippen molar-refractivity contribution in [2.24, 2.45) is 0 Å². The average Bonchev–Trinajstić information content (AvgIpc) is 2.77. The Labute approximate surface area is 194 Å². The van der Waals surface area contributed by atoms with E-state index in [-0.39, 0.29) is 17.6 Å². The molecule has 1 heterocycles. The molecular weight excluding hydrogens is 418 g/mol. The zero-order valence-electron chi connectivity index (χ0n) is 18.8. The smallest absolute Gasteiger partial charge is 0.251 e. The number of benzene rings is 3. The first-order valence-electron chi connectivity index (χ1n) is 10.9. The van der Waals surface area contributed by atoms with Gasteiger partial charge in [0.1, 0.15) is 17.1 Å². The predicted molar refractivity (Wildman–Crippen MR) is 130 cm³/mol. The van der Waals surface area contributed by atoms with Gasteiger partial charge in [-0.05, 0) is 68.8 Å². The van der Waals surface area contributed by atoms with Crippen LogP contribution in [0.1, 0.15) is 47.8 Å². The summed E-state index contributed by atoms with van der Waals surface area (Å²) in [5.74, 6) is 2.39. The molecule has 1 aliphatic rings. The van der Waals surface area contributed by atoms with Crippen LogP contribution in [0.2, 0.25) is 0 Å². The summed E-state index contributed by atoms with van der Waals surface area (Å²) >= 11 is 1.76. The predicted octanol–water partition coefficient (Wildman–Crippen LogP) is 6.20. The van der Waals surface area contributed by atoms with Crippen LogP contribution in [0.3, 0.4) is 0 Å². The molecule has 4 nitrogen and oxygen atoms in total. The number of amides is 1. The molecule has 166 valence electrons. The Kier molecular flexibility index (Phi) is 6.75. The average molecular weight is 448 g/mol. The van der Waals surface area contributed by atoms with Crippen LogP contribution in [-0.4, -0.2) is 23.9 Å². The van der Waals surface area contributed by atoms with Gasteiger partial charge in [-0.2, -0.15) is 0 Å². The molecule has 3 aromatic carbocycles. The van der Waals surface area contributed by atoms with E-state index in [0.29, 0.717) is 12.2 Å². The number of hydrogen-bond donors (Lipinski definition) is 1. The Balaban J connectivity index is 1.34. The summed E-state index contributed by atoms with van der Waals surface area (Å²) in [5, 5.41) is 3.19. The molecule has 32 heavy (non-hydrogen) atoms. The fraction of sp³-hybridized carbons (Fsp3) is 0.296. The summed E-state index contributed by atoms with van der Waals surface area (Å²) < 4.78 is 12.0. The molecule has 1 aliphatic heterocycles. The number of ether oxygens (including phenoxy) is 2. The Bertz CT molecular complexity index is 1060. The van der Waals surface area contributed by atoms with Crippen LogP contribution >= 0.6 is 11.8 Å². The molecule has 0 saturated heterocycles. The van der Waals surface area contributed by atoms with Crippen molar-refractivity contribution < 1.29 is 14.3 Å². The van der Waals surface area contributed by atoms with Gasteiger partial charge < -0.3 is 14.8 Å². The van der Waals surface area contributed by atoms with Gasteiger partial charge >= 0.3 is 0 Å². The first-order chi connectivity index (χ1) is 15.4. The summed E-state index contributed by atoms with van der Waals surface area (Å²) in [6.45, 7) is 6.76. The second-order valence-corrected chi connectivity index (χ2v) is 9.84. The van der Waals surface area contributed by atoms with Crippen molar-refractivity contribution in [1.82, 2.24) is 5.32 Å². The summed E-state index contributed by atoms with van der Waals surface area (Å²) in [6.07, 6.45) is 0.717. The molecule has 4 rings (SSSR count). The van der Waals surface area contributed by atoms with Crippen LogP contribution in [-0.2, 0) is 0 Å². The normalized spacial score (nSPS) is 16.5. The van der Waals surface area contributed by atoms with Crippen molar-refractivity contribution in [3.63, 3.8) is 0 Å². The standard InChI is InChI=1S/C27H29NO3S/c1-19-9-14-23-24(18-27(2,3)31-25(23)17-19)28-26(29)20-10-12-21(13-11-20)30-15-16-32-22-7-5-4-6-8-22/h4-14,17,24H,15-16,18H2,1-3H3,(H,28,29)/t24-/m1/s1. The molecule has 3 aromatic rings. The van der Waals surface area contributed by atoms with E-state index in [1.54, 1.807) is 11.8 Å². The van der Waals surface area contributed by atoms with Gasteiger partial charge in [-0.3, -0.25) is 4.79 Å². The van der Waals surface area contributed by atoms with Crippen LogP contribution in [0.25, 0.3) is 0 Å². The van der Waals surface area contributed by atoms with Gasteiger partial charge in [-0.15, -0.1) is 11.8 Å². The molecule has 0 fully saturated rings. The highest BCUT2D eigenvalue weighted by Crippen LogP contribution is 2.40. The Morgan fingerprint density at radius 3 is 2.59 bits per heavy atom. The highest BCUT2D eigenvalue weighted by molar-refractivity contribution is 7.99. The first kappa shape index (κ1) is 22.3. The van der Waals surface area contributed by atoms with Gasteiger partial charge in [-0.1, -0.05) is 30.3 Å². The lowest BCUT2D eigenvalue weighted by molar-refractivity contribution is 0.0619. The molecule has 1 amide bonds. The lowest BCUT2D eigenvalue weighted by atomic mass is 9.89. The van der Waals surface area contributed by atoms with Crippen LogP contribution in [0, 0.1) is 6.92 Å². The molecule has 0 unspecified atom stereocenters. The third kappa shape index (κ3) is 5.65. The van der Waals surface area contributed by atoms with Crippen molar-refractivity contribution in [1.29, 1.82) is 0 Å². The van der Waals surface area contributed by atoms with E-state index in [0.717, 1.165) is 34.8 Å². The number of fused-ring (bicyclic) bond motifs is 1. The molecule has 0 saturated carbocycles. The van der Waals surface area contributed by atoms with E-state index >= 15 is 0 Å². The van der Waals surface area contributed by atoms with Gasteiger partial charge in [0, 0.05) is 28.2 Å². The van der Waals surface area contributed by atoms with E-state index < -0.39 is 0 Å². The maximum Gasteiger partial charge on any atom is 0.251 e. The Morgan fingerprint density at radius 1 is 1.09 bits per heavy atom. The number of nitrogens with one attached hydrogen (secondary N) is 1. The molecule has 0 bridgehead atoms. The second-order valence-electron chi connectivity index (χ2n) is 8.67. The quantitative estimate of drug-likeness (QED) is 0.346. The number of aryl methyl sites for hydroxylation is 1. The first-order valence-corrected chi connectivity index (χ1v) is 11.9. The fourth-order valence-electron chi connectivity index (χ4n) is 3.87. The van der Waals surface area contributed by atoms with Crippen LogP contribution in [0.4, 0.5) is 0 Å². The van der Waals surface area contributed by atoms with E-state index in [1.165, 1.54) is 4.90 Å². The zero-order valence-corrected chi connectivity index (χ0v) is 19.6. The van der Waals surface area contributed by atoms with E-state index in [9.17, 15) is 4.79 Å². The van der Waals surface area contributed by atoms with Gasteiger partial charge in [-0.25, -0.2) is 0 Å². The van der Waals surface area contributed by atoms with E-state index in [2.05, 4.69) is 43.4 Å². The number of hydrogen-bond acceptors (Lipinski definition) is 4. The van der Waals surface area contributed by atoms with Crippen molar-refractivity contribution in [3.8, 4) is 11.5 Å². The molecule has 1 N–H and O–H groups in total. The Morgan fingerprint density at radius 2 is 1.84 bits per heavy atom. The molecule has 0 aliphatic carbocycles. The van der Waals surface area contributed by atoms with Gasteiger partial charge in [0.25, 0.3) is 5.91 Å². The maximum absolute atomic E-state index is 12.9. The van der Waals surface area contributed by atoms with E-state index in [1.807, 2.05) is 55.5 Å². The minimum absolute atomic E-state index is 0.0900. The van der Waals surface area contributed by atoms with Gasteiger partial charge in [0.05, 0.1) is 12.6 Å². The minimum Gasteiger partial charge on any atom is -0.493 e. The monoisotopic (exact) mass is 447 g/mol. The summed E-state index contributed by atoms with van der Waals surface area (Å²) in [6, 6.07) is 23.7. The minimum atomic E-state index is -0.339. The highest BCUT2D eigenvalue weighted by Gasteiger charge is 2.34. The zero-order chi connectivity index (χ0) is 22.6. The molecule has 0 aromatic heterocycles. The SMILES string of the molecule is Cc1ccc2c(c1)OC(C)(C)C[C@H]2NC(=O)c1ccc(OCCSc2ccccc2)cc1. The summed E-state index contributed by atoms with van der Waals surface area (Å²) in [7, 11) is 0. The third-order valence-electron chi connectivity index (χ3n) is 5.41. The molecule has 0 radical (unpaired) electrons. The van der Waals surface area contributed by atoms with Crippen LogP contribution in [0.5, 0.6) is 11.5 Å².